The Morgan fingerprint density at radius 3 is 2.50 bits per heavy atom. The number of anilines is 2. The number of nitrogens with zero attached hydrogens (tertiary/aromatic N) is 2. The molecule has 0 fully saturated rings. The van der Waals surface area contributed by atoms with Gasteiger partial charge in [-0.15, -0.1) is 0 Å². The third-order valence-electron chi connectivity index (χ3n) is 4.07. The number of benzene rings is 1. The van der Waals surface area contributed by atoms with E-state index >= 15 is 0 Å². The van der Waals surface area contributed by atoms with Crippen LogP contribution in [-0.2, 0) is 14.8 Å². The number of pyridine rings is 1. The number of amides is 2. The molecule has 0 radical (unpaired) electrons. The zero-order valence-electron chi connectivity index (χ0n) is 17.9. The maximum atomic E-state index is 12.6. The van der Waals surface area contributed by atoms with Gasteiger partial charge in [0.05, 0.1) is 20.8 Å². The number of hydrogen-bond donors (Lipinski definition) is 3. The zero-order chi connectivity index (χ0) is 23.6. The van der Waals surface area contributed by atoms with E-state index in [2.05, 4.69) is 15.6 Å². The van der Waals surface area contributed by atoms with E-state index < -0.39 is 21.8 Å². The van der Waals surface area contributed by atoms with Crippen molar-refractivity contribution in [2.75, 3.05) is 44.2 Å². The van der Waals surface area contributed by atoms with Crippen molar-refractivity contribution < 1.29 is 27.5 Å². The van der Waals surface area contributed by atoms with Crippen molar-refractivity contribution >= 4 is 33.8 Å². The Bertz CT molecular complexity index is 1040. The molecule has 2 rings (SSSR count). The van der Waals surface area contributed by atoms with E-state index in [9.17, 15) is 18.0 Å². The monoisotopic (exact) mass is 463 g/mol. The topological polar surface area (TPSA) is 139 Å². The Morgan fingerprint density at radius 1 is 1.16 bits per heavy atom. The third-order valence-corrected chi connectivity index (χ3v) is 5.24. The van der Waals surface area contributed by atoms with Gasteiger partial charge in [0.25, 0.3) is 0 Å². The molecule has 0 unspecified atom stereocenters. The largest absolute Gasteiger partial charge is 0.496 e. The predicted molar refractivity (Wildman–Crippen MR) is 120 cm³/mol. The number of nitrogens with one attached hydrogen (secondary N) is 3. The Kier molecular flexibility index (Phi) is 8.83. The molecule has 2 aromatic rings. The summed E-state index contributed by atoms with van der Waals surface area (Å²) in [5.41, 5.74) is 0.994. The van der Waals surface area contributed by atoms with Crippen molar-refractivity contribution in [3.8, 4) is 11.6 Å². The number of hydrogen-bond acceptors (Lipinski definition) is 9. The van der Waals surface area contributed by atoms with Crippen LogP contribution in [0.15, 0.2) is 54.4 Å². The van der Waals surface area contributed by atoms with Crippen LogP contribution in [0.3, 0.4) is 0 Å². The lowest BCUT2D eigenvalue weighted by Crippen LogP contribution is -2.38. The molecular weight excluding hydrogens is 438 g/mol. The first kappa shape index (κ1) is 24.5. The van der Waals surface area contributed by atoms with E-state index in [1.165, 1.54) is 37.5 Å². The van der Waals surface area contributed by atoms with Crippen LogP contribution in [0.1, 0.15) is 0 Å². The molecular formula is C20H25N5O6S. The van der Waals surface area contributed by atoms with E-state index in [1.807, 2.05) is 22.9 Å². The lowest BCUT2D eigenvalue weighted by Gasteiger charge is -2.21. The van der Waals surface area contributed by atoms with Gasteiger partial charge in [0.1, 0.15) is 23.6 Å². The Morgan fingerprint density at radius 2 is 1.88 bits per heavy atom. The SMILES string of the molecule is COc1cc(NC(=O)NS(=O)(=O)CC(=CNc2ccccc2)N(C)CC=O)nc(OC)c1. The molecule has 0 aliphatic heterocycles. The summed E-state index contributed by atoms with van der Waals surface area (Å²) >= 11 is 0. The number of carbonyl (C=O) groups excluding carboxylic acids is 2. The lowest BCUT2D eigenvalue weighted by molar-refractivity contribution is -0.108. The molecule has 1 aromatic carbocycles. The molecule has 0 spiro atoms. The van der Waals surface area contributed by atoms with Crippen LogP contribution in [0.4, 0.5) is 16.3 Å². The van der Waals surface area contributed by atoms with Crippen LogP contribution >= 0.6 is 0 Å². The van der Waals surface area contributed by atoms with Gasteiger partial charge in [-0.3, -0.25) is 5.32 Å². The molecule has 0 aliphatic rings. The van der Waals surface area contributed by atoms with Crippen molar-refractivity contribution in [3.05, 3.63) is 54.4 Å². The number of aromatic nitrogens is 1. The van der Waals surface area contributed by atoms with Gasteiger partial charge in [-0.25, -0.2) is 17.9 Å². The first-order valence-electron chi connectivity index (χ1n) is 9.33. The fourth-order valence-corrected chi connectivity index (χ4v) is 3.57. The molecule has 172 valence electrons. The number of urea groups is 1. The number of methoxy groups -OCH3 is 2. The van der Waals surface area contributed by atoms with Crippen LogP contribution < -0.4 is 24.8 Å². The Balaban J connectivity index is 2.12. The summed E-state index contributed by atoms with van der Waals surface area (Å²) in [6, 6.07) is 11.0. The van der Waals surface area contributed by atoms with Gasteiger partial charge < -0.3 is 24.5 Å². The summed E-state index contributed by atoms with van der Waals surface area (Å²) in [5, 5.41) is 5.30. The molecule has 2 amide bonds. The van der Waals surface area contributed by atoms with Gasteiger partial charge in [0.2, 0.25) is 15.9 Å². The molecule has 0 saturated carbocycles. The van der Waals surface area contributed by atoms with Crippen LogP contribution in [-0.4, -0.2) is 64.2 Å². The maximum absolute atomic E-state index is 12.6. The Labute approximate surface area is 186 Å². The molecule has 0 atom stereocenters. The normalized spacial score (nSPS) is 11.3. The molecule has 0 saturated heterocycles. The van der Waals surface area contributed by atoms with E-state index in [-0.39, 0.29) is 23.9 Å². The summed E-state index contributed by atoms with van der Waals surface area (Å²) in [6.07, 6.45) is 2.11. The smallest absolute Gasteiger partial charge is 0.334 e. The van der Waals surface area contributed by atoms with E-state index in [1.54, 1.807) is 19.2 Å². The van der Waals surface area contributed by atoms with E-state index in [4.69, 9.17) is 9.47 Å². The molecule has 1 aromatic heterocycles. The summed E-state index contributed by atoms with van der Waals surface area (Å²) in [4.78, 5) is 28.6. The number of ether oxygens (including phenoxy) is 2. The van der Waals surface area contributed by atoms with Crippen molar-refractivity contribution in [2.24, 2.45) is 0 Å². The maximum Gasteiger partial charge on any atom is 0.334 e. The standard InChI is InChI=1S/C20H25N5O6S/c1-25(9-10-26)16(13-21-15-7-5-4-6-8-15)14-32(28,29)24-20(27)23-18-11-17(30-2)12-19(22-18)31-3/h4-8,10-13,21H,9,14H2,1-3H3,(H2,22,23,24,27). The van der Waals surface area contributed by atoms with Crippen LogP contribution in [0, 0.1) is 0 Å². The molecule has 32 heavy (non-hydrogen) atoms. The predicted octanol–water partition coefficient (Wildman–Crippen LogP) is 1.63. The number of aldehydes is 1. The quantitative estimate of drug-likeness (QED) is 0.424. The number of sulfonamides is 1. The number of likely N-dealkylation sites (N-methyl/N-ethyl adjacent to an activating group) is 1. The highest BCUT2D eigenvalue weighted by atomic mass is 32.2. The van der Waals surface area contributed by atoms with Crippen molar-refractivity contribution in [3.63, 3.8) is 0 Å². The summed E-state index contributed by atoms with van der Waals surface area (Å²) in [5.74, 6) is 0.0193. The van der Waals surface area contributed by atoms with E-state index in [0.29, 0.717) is 12.0 Å². The van der Waals surface area contributed by atoms with Crippen LogP contribution in [0.25, 0.3) is 0 Å². The van der Waals surface area contributed by atoms with Gasteiger partial charge in [-0.1, -0.05) is 18.2 Å². The van der Waals surface area contributed by atoms with Gasteiger partial charge >= 0.3 is 6.03 Å². The first-order valence-corrected chi connectivity index (χ1v) is 11.0. The fourth-order valence-electron chi connectivity index (χ4n) is 2.47. The first-order chi connectivity index (χ1) is 15.3. The molecule has 3 N–H and O–H groups in total. The van der Waals surface area contributed by atoms with Crippen LogP contribution in [0.5, 0.6) is 11.6 Å². The minimum Gasteiger partial charge on any atom is -0.496 e. The molecule has 12 heteroatoms. The highest BCUT2D eigenvalue weighted by molar-refractivity contribution is 7.90. The zero-order valence-corrected chi connectivity index (χ0v) is 18.7. The Hall–Kier alpha value is -3.80. The average Bonchev–Trinajstić information content (AvgIpc) is 2.76. The highest BCUT2D eigenvalue weighted by Gasteiger charge is 2.20. The summed E-state index contributed by atoms with van der Waals surface area (Å²) in [7, 11) is 0.266. The number of carbonyl (C=O) groups is 2. The summed E-state index contributed by atoms with van der Waals surface area (Å²) in [6.45, 7) is -0.0302. The van der Waals surface area contributed by atoms with Gasteiger partial charge in [-0.2, -0.15) is 4.98 Å². The second kappa shape index (κ2) is 11.6. The second-order valence-electron chi connectivity index (χ2n) is 6.44. The van der Waals surface area contributed by atoms with E-state index in [0.717, 1.165) is 5.69 Å². The average molecular weight is 464 g/mol. The molecule has 0 bridgehead atoms. The highest BCUT2D eigenvalue weighted by Crippen LogP contribution is 2.21. The lowest BCUT2D eigenvalue weighted by atomic mass is 10.3. The van der Waals surface area contributed by atoms with Gasteiger partial charge in [-0.05, 0) is 12.1 Å². The van der Waals surface area contributed by atoms with Crippen LogP contribution in [0.2, 0.25) is 0 Å². The minimum absolute atomic E-state index is 0.0302. The number of para-hydroxylation sites is 1. The van der Waals surface area contributed by atoms with Gasteiger partial charge in [0, 0.05) is 36.8 Å². The number of rotatable bonds is 11. The summed E-state index contributed by atoms with van der Waals surface area (Å²) < 4.78 is 37.2. The molecule has 1 heterocycles. The van der Waals surface area contributed by atoms with Crippen molar-refractivity contribution in [2.45, 2.75) is 0 Å². The molecule has 0 aliphatic carbocycles. The second-order valence-corrected chi connectivity index (χ2v) is 8.17. The van der Waals surface area contributed by atoms with Crippen molar-refractivity contribution in [1.82, 2.24) is 14.6 Å². The van der Waals surface area contributed by atoms with Crippen molar-refractivity contribution in [1.29, 1.82) is 0 Å². The fraction of sp³-hybridized carbons (Fsp3) is 0.250. The third kappa shape index (κ3) is 7.80. The minimum atomic E-state index is -4.12. The van der Waals surface area contributed by atoms with Gasteiger partial charge in [0.15, 0.2) is 0 Å². The molecule has 11 nitrogen and oxygen atoms in total.